The molecule has 1 unspecified atom stereocenters. The van der Waals surface area contributed by atoms with Gasteiger partial charge in [0.25, 0.3) is 0 Å². The fourth-order valence-electron chi connectivity index (χ4n) is 1.67. The lowest BCUT2D eigenvalue weighted by Crippen LogP contribution is -2.18. The van der Waals surface area contributed by atoms with E-state index in [2.05, 4.69) is 10.1 Å². The fraction of sp³-hybridized carbons (Fsp3) is 0.333. The summed E-state index contributed by atoms with van der Waals surface area (Å²) in [4.78, 5) is 3.85. The molecular formula is C12H14F2N4S. The highest BCUT2D eigenvalue weighted by molar-refractivity contribution is 7.99. The molecule has 1 aromatic carbocycles. The number of nitrogens with zero attached hydrogens (tertiary/aromatic N) is 3. The normalized spacial score (nSPS) is 12.7. The summed E-state index contributed by atoms with van der Waals surface area (Å²) in [5.74, 6) is -1.22. The lowest BCUT2D eigenvalue weighted by atomic mass is 10.1. The van der Waals surface area contributed by atoms with E-state index in [1.807, 2.05) is 0 Å². The zero-order valence-electron chi connectivity index (χ0n) is 10.6. The number of nitrogens with two attached hydrogens (primary N) is 1. The van der Waals surface area contributed by atoms with Crippen LogP contribution in [0.25, 0.3) is 0 Å². The van der Waals surface area contributed by atoms with Crippen molar-refractivity contribution < 1.29 is 8.78 Å². The van der Waals surface area contributed by atoms with Gasteiger partial charge in [-0.2, -0.15) is 5.10 Å². The van der Waals surface area contributed by atoms with Gasteiger partial charge in [0, 0.05) is 13.1 Å². The van der Waals surface area contributed by atoms with Crippen LogP contribution in [0, 0.1) is 11.6 Å². The number of hydrogen-bond donors (Lipinski definition) is 1. The Balaban J connectivity index is 2.29. The van der Waals surface area contributed by atoms with Crippen LogP contribution in [0.2, 0.25) is 0 Å². The number of halogens is 2. The number of aryl methyl sites for hydroxylation is 1. The predicted molar refractivity (Wildman–Crippen MR) is 68.8 cm³/mol. The molecule has 0 bridgehead atoms. The van der Waals surface area contributed by atoms with E-state index in [9.17, 15) is 8.78 Å². The molecule has 0 fully saturated rings. The summed E-state index contributed by atoms with van der Waals surface area (Å²) in [5.41, 5.74) is 6.17. The minimum absolute atomic E-state index is 0.0791. The molecule has 2 N–H and O–H groups in total. The zero-order chi connectivity index (χ0) is 14.0. The van der Waals surface area contributed by atoms with Crippen LogP contribution in [-0.2, 0) is 13.5 Å². The Labute approximate surface area is 114 Å². The maximum atomic E-state index is 13.9. The van der Waals surface area contributed by atoms with Gasteiger partial charge in [0.05, 0.1) is 4.90 Å². The number of hydrogen-bond acceptors (Lipinski definition) is 4. The second-order valence-corrected chi connectivity index (χ2v) is 5.32. The van der Waals surface area contributed by atoms with E-state index in [1.54, 1.807) is 14.0 Å². The Morgan fingerprint density at radius 3 is 2.47 bits per heavy atom. The summed E-state index contributed by atoms with van der Waals surface area (Å²) in [6.45, 7) is 1.79. The van der Waals surface area contributed by atoms with Crippen LogP contribution in [0.15, 0.2) is 28.5 Å². The molecule has 2 rings (SSSR count). The van der Waals surface area contributed by atoms with E-state index < -0.39 is 11.6 Å². The highest BCUT2D eigenvalue weighted by Gasteiger charge is 2.15. The smallest absolute Gasteiger partial charge is 0.190 e. The molecular weight excluding hydrogens is 270 g/mol. The van der Waals surface area contributed by atoms with Crippen molar-refractivity contribution in [1.29, 1.82) is 0 Å². The van der Waals surface area contributed by atoms with Gasteiger partial charge in [-0.1, -0.05) is 0 Å². The number of rotatable bonds is 4. The average Bonchev–Trinajstić information content (AvgIpc) is 2.68. The predicted octanol–water partition coefficient (Wildman–Crippen LogP) is 2.13. The molecule has 19 heavy (non-hydrogen) atoms. The van der Waals surface area contributed by atoms with Crippen LogP contribution in [0.5, 0.6) is 0 Å². The molecule has 0 aliphatic heterocycles. The first kappa shape index (κ1) is 14.0. The summed E-state index contributed by atoms with van der Waals surface area (Å²) in [6.07, 6.45) is 1.77. The van der Waals surface area contributed by atoms with Crippen LogP contribution >= 0.6 is 11.8 Å². The Hall–Kier alpha value is -1.47. The minimum atomic E-state index is -0.608. The summed E-state index contributed by atoms with van der Waals surface area (Å²) in [6, 6.07) is 2.48. The van der Waals surface area contributed by atoms with Crippen molar-refractivity contribution in [2.75, 3.05) is 0 Å². The van der Waals surface area contributed by atoms with E-state index >= 15 is 0 Å². The minimum Gasteiger partial charge on any atom is -0.328 e. The Morgan fingerprint density at radius 1 is 1.37 bits per heavy atom. The molecule has 4 nitrogen and oxygen atoms in total. The molecule has 0 spiro atoms. The van der Waals surface area contributed by atoms with E-state index in [0.29, 0.717) is 17.1 Å². The molecule has 0 aliphatic carbocycles. The van der Waals surface area contributed by atoms with Crippen molar-refractivity contribution in [3.63, 3.8) is 0 Å². The first-order valence-corrected chi connectivity index (χ1v) is 6.54. The second-order valence-electron chi connectivity index (χ2n) is 4.34. The maximum absolute atomic E-state index is 13.9. The molecule has 0 radical (unpaired) electrons. The molecule has 1 heterocycles. The van der Waals surface area contributed by atoms with Crippen molar-refractivity contribution in [1.82, 2.24) is 14.8 Å². The first-order chi connectivity index (χ1) is 8.97. The third-order valence-electron chi connectivity index (χ3n) is 2.48. The fourth-order valence-corrected chi connectivity index (χ4v) is 2.44. The highest BCUT2D eigenvalue weighted by atomic mass is 32.2. The van der Waals surface area contributed by atoms with Gasteiger partial charge in [0.15, 0.2) is 5.16 Å². The standard InChI is InChI=1S/C12H14F2N4S/c1-7(15)3-8-4-9(13)11(10(14)5-8)19-12-16-6-17-18(12)2/h4-7H,3,15H2,1-2H3. The summed E-state index contributed by atoms with van der Waals surface area (Å²) < 4.78 is 29.3. The van der Waals surface area contributed by atoms with E-state index in [-0.39, 0.29) is 10.9 Å². The van der Waals surface area contributed by atoms with Gasteiger partial charge >= 0.3 is 0 Å². The number of aromatic nitrogens is 3. The Kier molecular flexibility index (Phi) is 4.16. The Morgan fingerprint density at radius 2 is 2.00 bits per heavy atom. The van der Waals surface area contributed by atoms with Crippen LogP contribution in [-0.4, -0.2) is 20.8 Å². The molecule has 0 aliphatic rings. The zero-order valence-corrected chi connectivity index (χ0v) is 11.4. The largest absolute Gasteiger partial charge is 0.328 e. The van der Waals surface area contributed by atoms with Crippen LogP contribution in [0.1, 0.15) is 12.5 Å². The van der Waals surface area contributed by atoms with Crippen molar-refractivity contribution in [3.8, 4) is 0 Å². The van der Waals surface area contributed by atoms with E-state index in [1.165, 1.54) is 23.1 Å². The Bertz CT molecular complexity index is 560. The van der Waals surface area contributed by atoms with Crippen molar-refractivity contribution in [3.05, 3.63) is 35.7 Å². The summed E-state index contributed by atoms with van der Waals surface area (Å²) in [5, 5.41) is 4.28. The van der Waals surface area contributed by atoms with E-state index in [4.69, 9.17) is 5.73 Å². The van der Waals surface area contributed by atoms with Gasteiger partial charge in [-0.15, -0.1) is 0 Å². The molecule has 1 atom stereocenters. The van der Waals surface area contributed by atoms with Gasteiger partial charge in [0.1, 0.15) is 18.0 Å². The van der Waals surface area contributed by atoms with Gasteiger partial charge in [0.2, 0.25) is 0 Å². The van der Waals surface area contributed by atoms with Crippen LogP contribution < -0.4 is 5.73 Å². The first-order valence-electron chi connectivity index (χ1n) is 5.72. The third-order valence-corrected chi connectivity index (χ3v) is 3.63. The van der Waals surface area contributed by atoms with Crippen LogP contribution in [0.3, 0.4) is 0 Å². The quantitative estimate of drug-likeness (QED) is 0.934. The monoisotopic (exact) mass is 284 g/mol. The molecule has 0 saturated carbocycles. The van der Waals surface area contributed by atoms with Crippen molar-refractivity contribution in [2.45, 2.75) is 29.4 Å². The van der Waals surface area contributed by atoms with Gasteiger partial charge in [-0.25, -0.2) is 18.4 Å². The van der Waals surface area contributed by atoms with Crippen molar-refractivity contribution >= 4 is 11.8 Å². The van der Waals surface area contributed by atoms with Crippen LogP contribution in [0.4, 0.5) is 8.78 Å². The average molecular weight is 284 g/mol. The topological polar surface area (TPSA) is 56.7 Å². The molecule has 2 aromatic rings. The lowest BCUT2D eigenvalue weighted by Gasteiger charge is -2.09. The van der Waals surface area contributed by atoms with Crippen molar-refractivity contribution in [2.24, 2.45) is 12.8 Å². The summed E-state index contributed by atoms with van der Waals surface area (Å²) >= 11 is 0.910. The van der Waals surface area contributed by atoms with E-state index in [0.717, 1.165) is 11.8 Å². The molecule has 7 heteroatoms. The highest BCUT2D eigenvalue weighted by Crippen LogP contribution is 2.31. The molecule has 0 amide bonds. The summed E-state index contributed by atoms with van der Waals surface area (Å²) in [7, 11) is 1.66. The molecule has 102 valence electrons. The third kappa shape index (κ3) is 3.30. The SMILES string of the molecule is CC(N)Cc1cc(F)c(Sc2ncnn2C)c(F)c1. The second kappa shape index (κ2) is 5.66. The maximum Gasteiger partial charge on any atom is 0.190 e. The molecule has 1 aromatic heterocycles. The number of benzene rings is 1. The van der Waals surface area contributed by atoms with Gasteiger partial charge in [-0.3, -0.25) is 0 Å². The lowest BCUT2D eigenvalue weighted by molar-refractivity contribution is 0.534. The van der Waals surface area contributed by atoms with Gasteiger partial charge in [-0.05, 0) is 42.8 Å². The van der Waals surface area contributed by atoms with Gasteiger partial charge < -0.3 is 5.73 Å². The molecule has 0 saturated heterocycles.